The second-order valence-corrected chi connectivity index (χ2v) is 12.3. The number of hydrogen-bond donors (Lipinski definition) is 1. The number of rotatable bonds is 5. The van der Waals surface area contributed by atoms with E-state index >= 15 is 4.39 Å². The summed E-state index contributed by atoms with van der Waals surface area (Å²) in [6.07, 6.45) is 10.2. The smallest absolute Gasteiger partial charge is 0.319 e. The van der Waals surface area contributed by atoms with Crippen molar-refractivity contribution >= 4 is 27.6 Å². The highest BCUT2D eigenvalue weighted by Crippen LogP contribution is 2.41. The van der Waals surface area contributed by atoms with Crippen molar-refractivity contribution in [3.8, 4) is 29.6 Å². The number of H-pyrrole nitrogens is 1. The summed E-state index contributed by atoms with van der Waals surface area (Å²) in [5, 5.41) is 0.526. The van der Waals surface area contributed by atoms with Gasteiger partial charge in [0.25, 0.3) is 0 Å². The number of alkyl halides is 1. The lowest BCUT2D eigenvalue weighted by Gasteiger charge is -2.34. The van der Waals surface area contributed by atoms with E-state index in [-0.39, 0.29) is 58.1 Å². The van der Waals surface area contributed by atoms with Crippen LogP contribution in [0.2, 0.25) is 0 Å². The number of ether oxygens (including phenoxy) is 2. The average Bonchev–Trinajstić information content (AvgIpc) is 3.66. The second-order valence-electron chi connectivity index (χ2n) is 12.3. The molecule has 4 saturated heterocycles. The van der Waals surface area contributed by atoms with Crippen molar-refractivity contribution in [3.63, 3.8) is 0 Å². The summed E-state index contributed by atoms with van der Waals surface area (Å²) in [5.41, 5.74) is -1.05. The number of fused-ring (bicyclic) bond motifs is 5. The van der Waals surface area contributed by atoms with Crippen molar-refractivity contribution < 1.29 is 22.6 Å². The number of nitrogens with one attached hydrogen (secondary N) is 1. The van der Waals surface area contributed by atoms with Crippen LogP contribution < -0.4 is 15.2 Å². The van der Waals surface area contributed by atoms with Gasteiger partial charge in [0.1, 0.15) is 35.6 Å². The van der Waals surface area contributed by atoms with Crippen LogP contribution in [0.3, 0.4) is 0 Å². The predicted octanol–water partition coefficient (Wildman–Crippen LogP) is 4.12. The minimum atomic E-state index is -0.927. The van der Waals surface area contributed by atoms with E-state index in [1.165, 1.54) is 12.3 Å². The normalized spacial score (nSPS) is 26.4. The van der Waals surface area contributed by atoms with Gasteiger partial charge in [0, 0.05) is 49.3 Å². The Bertz CT molecular complexity index is 1920. The zero-order chi connectivity index (χ0) is 30.2. The monoisotopic (exact) mass is 602 g/mol. The van der Waals surface area contributed by atoms with Crippen molar-refractivity contribution in [2.45, 2.75) is 56.0 Å². The molecule has 0 aliphatic carbocycles. The molecule has 0 radical (unpaired) electrons. The minimum Gasteiger partial charge on any atom is -0.461 e. The number of terminal acetylenes is 1. The molecule has 0 saturated carbocycles. The number of pyridine rings is 2. The van der Waals surface area contributed by atoms with Gasteiger partial charge in [0.05, 0.1) is 34.2 Å². The summed E-state index contributed by atoms with van der Waals surface area (Å²) in [6.45, 7) is 2.48. The van der Waals surface area contributed by atoms with Crippen molar-refractivity contribution in [2.24, 2.45) is 0 Å². The van der Waals surface area contributed by atoms with Gasteiger partial charge in [-0.25, -0.2) is 13.2 Å². The lowest BCUT2D eigenvalue weighted by atomic mass is 9.95. The molecular weight excluding hydrogens is 573 g/mol. The summed E-state index contributed by atoms with van der Waals surface area (Å²) >= 11 is 0. The van der Waals surface area contributed by atoms with Crippen molar-refractivity contribution in [1.29, 1.82) is 0 Å². The Morgan fingerprint density at radius 2 is 2.00 bits per heavy atom. The molecule has 3 aromatic heterocycles. The van der Waals surface area contributed by atoms with Crippen LogP contribution in [0.5, 0.6) is 6.01 Å². The van der Waals surface area contributed by atoms with E-state index < -0.39 is 28.9 Å². The van der Waals surface area contributed by atoms with Crippen LogP contribution >= 0.6 is 0 Å². The summed E-state index contributed by atoms with van der Waals surface area (Å²) in [6, 6.07) is 3.66. The van der Waals surface area contributed by atoms with E-state index in [1.807, 2.05) is 4.90 Å². The van der Waals surface area contributed by atoms with E-state index in [2.05, 4.69) is 25.8 Å². The fraction of sp³-hybridized carbons (Fsp3) is 0.438. The van der Waals surface area contributed by atoms with Gasteiger partial charge < -0.3 is 19.4 Å². The van der Waals surface area contributed by atoms with Gasteiger partial charge in [0.2, 0.25) is 5.56 Å². The maximum atomic E-state index is 16.7. The predicted molar refractivity (Wildman–Crippen MR) is 157 cm³/mol. The largest absolute Gasteiger partial charge is 0.461 e. The van der Waals surface area contributed by atoms with E-state index in [0.717, 1.165) is 44.4 Å². The molecule has 226 valence electrons. The SMILES string of the molecule is C#Cc1c(F)ccc2[nH]c(=O)cc(-c3ncc4c(N5CC6CCC(C5)O6)nc(OC[C@@]56CCCN5C[C@H](F)C6)nc4c3F)c12. The fourth-order valence-corrected chi connectivity index (χ4v) is 7.61. The third kappa shape index (κ3) is 4.32. The Labute approximate surface area is 250 Å². The van der Waals surface area contributed by atoms with Crippen molar-refractivity contribution in [2.75, 3.05) is 37.7 Å². The first kappa shape index (κ1) is 27.3. The third-order valence-electron chi connectivity index (χ3n) is 9.57. The summed E-state index contributed by atoms with van der Waals surface area (Å²) in [7, 11) is 0. The molecule has 12 heteroatoms. The van der Waals surface area contributed by atoms with Crippen LogP contribution in [-0.4, -0.2) is 81.5 Å². The molecule has 9 nitrogen and oxygen atoms in total. The lowest BCUT2D eigenvalue weighted by Crippen LogP contribution is -2.44. The molecular formula is C32H29F3N6O3. The Morgan fingerprint density at radius 3 is 2.80 bits per heavy atom. The van der Waals surface area contributed by atoms with Crippen molar-refractivity contribution in [1.82, 2.24) is 24.8 Å². The molecule has 4 aromatic rings. The summed E-state index contributed by atoms with van der Waals surface area (Å²) in [5.74, 6) is 1.28. The van der Waals surface area contributed by atoms with Crippen molar-refractivity contribution in [3.05, 3.63) is 51.9 Å². The van der Waals surface area contributed by atoms with Gasteiger partial charge in [-0.05, 0) is 44.4 Å². The number of hydrogen-bond acceptors (Lipinski definition) is 8. The quantitative estimate of drug-likeness (QED) is 0.341. The number of aromatic amines is 1. The number of halogens is 3. The topological polar surface area (TPSA) is 96.5 Å². The van der Waals surface area contributed by atoms with Gasteiger partial charge in [-0.3, -0.25) is 14.7 Å². The molecule has 4 aliphatic rings. The van der Waals surface area contributed by atoms with E-state index in [0.29, 0.717) is 37.3 Å². The molecule has 1 N–H and O–H groups in total. The molecule has 2 bridgehead atoms. The highest BCUT2D eigenvalue weighted by molar-refractivity contribution is 6.00. The molecule has 2 unspecified atom stereocenters. The first-order chi connectivity index (χ1) is 21.3. The van der Waals surface area contributed by atoms with E-state index in [1.54, 1.807) is 0 Å². The van der Waals surface area contributed by atoms with Gasteiger partial charge in [-0.15, -0.1) is 6.42 Å². The van der Waals surface area contributed by atoms with Crippen LogP contribution in [0.25, 0.3) is 33.1 Å². The van der Waals surface area contributed by atoms with Crippen LogP contribution in [0, 0.1) is 24.0 Å². The number of benzene rings is 1. The summed E-state index contributed by atoms with van der Waals surface area (Å²) in [4.78, 5) is 33.1. The fourth-order valence-electron chi connectivity index (χ4n) is 7.61. The molecule has 0 spiro atoms. The average molecular weight is 603 g/mol. The number of anilines is 1. The Balaban J connectivity index is 1.28. The molecule has 8 rings (SSSR count). The van der Waals surface area contributed by atoms with Gasteiger partial charge >= 0.3 is 6.01 Å². The van der Waals surface area contributed by atoms with Gasteiger partial charge in [-0.2, -0.15) is 9.97 Å². The first-order valence-electron chi connectivity index (χ1n) is 14.9. The molecule has 0 amide bonds. The maximum Gasteiger partial charge on any atom is 0.319 e. The molecule has 4 aliphatic heterocycles. The highest BCUT2D eigenvalue weighted by atomic mass is 19.1. The minimum absolute atomic E-state index is 0.0305. The zero-order valence-electron chi connectivity index (χ0n) is 23.8. The lowest BCUT2D eigenvalue weighted by molar-refractivity contribution is 0.0302. The zero-order valence-corrected chi connectivity index (χ0v) is 23.8. The Hall–Kier alpha value is -4.21. The van der Waals surface area contributed by atoms with Gasteiger partial charge in [-0.1, -0.05) is 5.92 Å². The second kappa shape index (κ2) is 10.2. The molecule has 1 aromatic carbocycles. The third-order valence-corrected chi connectivity index (χ3v) is 9.57. The van der Waals surface area contributed by atoms with Gasteiger partial charge in [0.15, 0.2) is 5.82 Å². The van der Waals surface area contributed by atoms with Crippen LogP contribution in [0.15, 0.2) is 29.2 Å². The van der Waals surface area contributed by atoms with E-state index in [4.69, 9.17) is 20.9 Å². The first-order valence-corrected chi connectivity index (χ1v) is 14.9. The Morgan fingerprint density at radius 1 is 1.18 bits per heavy atom. The number of nitrogens with zero attached hydrogens (tertiary/aromatic N) is 5. The highest BCUT2D eigenvalue weighted by Gasteiger charge is 2.49. The van der Waals surface area contributed by atoms with Crippen LogP contribution in [0.1, 0.15) is 37.7 Å². The van der Waals surface area contributed by atoms with Crippen LogP contribution in [0.4, 0.5) is 19.0 Å². The standard InChI is InChI=1S/C32H29F3N6O3/c1-2-20-23(34)6-7-24-26(20)21(10-25(42)37-24)28-27(35)29-22(12-36-28)30(40-14-18-4-5-19(15-40)44-18)39-31(38-29)43-16-32-8-3-9-41(32)13-17(33)11-32/h1,6-7,10,12,17-19H,3-5,8-9,11,13-16H2,(H,37,42)/t17-,18?,19?,32+/m1/s1. The van der Waals surface area contributed by atoms with E-state index in [9.17, 15) is 13.6 Å². The maximum absolute atomic E-state index is 16.7. The molecule has 7 heterocycles. The summed E-state index contributed by atoms with van der Waals surface area (Å²) < 4.78 is 58.1. The number of aromatic nitrogens is 4. The number of morpholine rings is 1. The molecule has 4 atom stereocenters. The Kier molecular flexibility index (Phi) is 6.32. The van der Waals surface area contributed by atoms with Crippen LogP contribution in [-0.2, 0) is 4.74 Å². The molecule has 44 heavy (non-hydrogen) atoms. The molecule has 4 fully saturated rings.